The second-order valence-electron chi connectivity index (χ2n) is 23.4. The summed E-state index contributed by atoms with van der Waals surface area (Å²) in [7, 11) is 0. The average Bonchev–Trinajstić information content (AvgIpc) is 1.57. The minimum absolute atomic E-state index is 0.126. The van der Waals surface area contributed by atoms with Gasteiger partial charge in [0.1, 0.15) is 11.6 Å². The SMILES string of the molecule is Cc1cc(C)c(-c2ccc3c4ccc(-c5c(C)cc(C)cc5C)cc4n(-c4ccc(-c5c(C(F)(F)F)cccc5C(F)(F)F)c(-n5c6cc(-c7c(C)cc(C)cc7C)ccc6c6ccc(-c7c(C)cc(C)cc7C)cc65)c4C#N)c3c2)c(C)c1. The molecule has 0 fully saturated rings. The van der Waals surface area contributed by atoms with E-state index in [1.165, 1.54) is 12.1 Å². The van der Waals surface area contributed by atoms with Gasteiger partial charge in [-0.2, -0.15) is 31.6 Å². The van der Waals surface area contributed by atoms with Gasteiger partial charge in [-0.05, 0) is 215 Å². The minimum atomic E-state index is -5.25. The van der Waals surface area contributed by atoms with Crippen LogP contribution in [0.3, 0.4) is 0 Å². The fraction of sp³-hybridized carbons (Fsp3) is 0.187. The van der Waals surface area contributed by atoms with Crippen LogP contribution < -0.4 is 0 Å². The quantitative estimate of drug-likeness (QED) is 0.146. The molecule has 0 amide bonds. The van der Waals surface area contributed by atoms with Gasteiger partial charge in [0.2, 0.25) is 0 Å². The third kappa shape index (κ3) is 9.06. The van der Waals surface area contributed by atoms with Crippen LogP contribution in [-0.4, -0.2) is 9.13 Å². The summed E-state index contributed by atoms with van der Waals surface area (Å²) in [5.74, 6) is 0. The fourth-order valence-electron chi connectivity index (χ4n) is 14.3. The second-order valence-corrected chi connectivity index (χ2v) is 23.4. The molecule has 0 atom stereocenters. The first-order valence-electron chi connectivity index (χ1n) is 28.2. The number of nitrogens with zero attached hydrogens (tertiary/aromatic N) is 3. The molecule has 0 spiro atoms. The molecule has 3 nitrogen and oxygen atoms in total. The van der Waals surface area contributed by atoms with Crippen molar-refractivity contribution in [2.75, 3.05) is 0 Å². The lowest BCUT2D eigenvalue weighted by molar-refractivity contribution is -0.142. The highest BCUT2D eigenvalue weighted by Crippen LogP contribution is 2.51. The van der Waals surface area contributed by atoms with E-state index in [-0.39, 0.29) is 16.9 Å². The topological polar surface area (TPSA) is 33.6 Å². The summed E-state index contributed by atoms with van der Waals surface area (Å²) in [6.45, 7) is 24.6. The van der Waals surface area contributed by atoms with Crippen molar-refractivity contribution in [1.29, 1.82) is 5.26 Å². The lowest BCUT2D eigenvalue weighted by Crippen LogP contribution is -2.16. The largest absolute Gasteiger partial charge is 0.417 e. The van der Waals surface area contributed by atoms with Crippen molar-refractivity contribution < 1.29 is 26.3 Å². The van der Waals surface area contributed by atoms with Gasteiger partial charge in [0, 0.05) is 32.7 Å². The number of halogens is 6. The summed E-state index contributed by atoms with van der Waals surface area (Å²) in [5, 5.41) is 15.4. The van der Waals surface area contributed by atoms with Crippen molar-refractivity contribution in [1.82, 2.24) is 9.13 Å². The van der Waals surface area contributed by atoms with Crippen molar-refractivity contribution in [2.45, 2.75) is 95.4 Å². The van der Waals surface area contributed by atoms with Gasteiger partial charge in [0.05, 0.1) is 44.6 Å². The predicted octanol–water partition coefficient (Wildman–Crippen LogP) is 21.8. The number of hydrogen-bond donors (Lipinski definition) is 0. The third-order valence-corrected chi connectivity index (χ3v) is 17.1. The molecule has 0 aliphatic rings. The van der Waals surface area contributed by atoms with Crippen molar-refractivity contribution in [3.63, 3.8) is 0 Å². The van der Waals surface area contributed by atoms with E-state index in [0.717, 1.165) is 128 Å². The number of aromatic nitrogens is 2. The molecule has 0 bridgehead atoms. The number of nitriles is 1. The van der Waals surface area contributed by atoms with Crippen molar-refractivity contribution in [2.24, 2.45) is 0 Å². The van der Waals surface area contributed by atoms with Gasteiger partial charge in [0.15, 0.2) is 0 Å². The Morgan fingerprint density at radius 3 is 0.893 bits per heavy atom. The summed E-state index contributed by atoms with van der Waals surface area (Å²) in [5.41, 5.74) is 17.9. The Bertz CT molecular complexity index is 4480. The molecule has 0 radical (unpaired) electrons. The van der Waals surface area contributed by atoms with Gasteiger partial charge >= 0.3 is 12.4 Å². The van der Waals surface area contributed by atoms with Crippen molar-refractivity contribution >= 4 is 43.6 Å². The molecular weight excluding hydrogens is 1060 g/mol. The summed E-state index contributed by atoms with van der Waals surface area (Å²) < 4.78 is 99.0. The van der Waals surface area contributed by atoms with Crippen LogP contribution in [0.1, 0.15) is 83.5 Å². The molecule has 2 heterocycles. The summed E-state index contributed by atoms with van der Waals surface area (Å²) in [4.78, 5) is 0. The van der Waals surface area contributed by atoms with Crippen molar-refractivity contribution in [3.8, 4) is 73.1 Å². The van der Waals surface area contributed by atoms with Crippen LogP contribution in [0.15, 0.2) is 152 Å². The van der Waals surface area contributed by atoms with E-state index in [9.17, 15) is 5.26 Å². The lowest BCUT2D eigenvalue weighted by Gasteiger charge is -2.24. The first kappa shape index (κ1) is 55.4. The van der Waals surface area contributed by atoms with Gasteiger partial charge in [-0.15, -0.1) is 0 Å². The highest BCUT2D eigenvalue weighted by molar-refractivity contribution is 6.14. The number of rotatable bonds is 7. The lowest BCUT2D eigenvalue weighted by atomic mass is 9.90. The number of aryl methyl sites for hydroxylation is 12. The molecule has 12 rings (SSSR count). The maximum atomic E-state index is 15.9. The smallest absolute Gasteiger partial charge is 0.308 e. The van der Waals surface area contributed by atoms with Crippen molar-refractivity contribution in [3.05, 3.63) is 235 Å². The van der Waals surface area contributed by atoms with Gasteiger partial charge in [-0.25, -0.2) is 0 Å². The standard InChI is InChI=1S/C75H61F6N3/c1-39-26-43(5)68(44(6)27-39)51-16-20-55-56-21-17-52(69-45(7)28-40(2)29-46(69)8)35-65(56)83(64(55)34-51)63-25-24-59(72-61(74(76,77)78)14-13-15-62(72)75(79,80)81)73(60(63)38-82)84-66-36-53(70-47(9)30-41(3)31-48(70)10)18-22-57(66)58-23-19-54(37-67(58)84)71-49(11)32-42(4)33-50(71)12/h13-37H,1-12H3. The van der Waals surface area contributed by atoms with Crippen LogP contribution in [-0.2, 0) is 12.4 Å². The zero-order chi connectivity index (χ0) is 59.7. The first-order chi connectivity index (χ1) is 39.8. The van der Waals surface area contributed by atoms with Gasteiger partial charge in [-0.3, -0.25) is 0 Å². The van der Waals surface area contributed by atoms with Crippen LogP contribution in [0.25, 0.3) is 111 Å². The third-order valence-electron chi connectivity index (χ3n) is 17.1. The molecule has 0 aliphatic carbocycles. The molecule has 84 heavy (non-hydrogen) atoms. The second kappa shape index (κ2) is 20.1. The zero-order valence-corrected chi connectivity index (χ0v) is 49.0. The molecular formula is C75H61F6N3. The van der Waals surface area contributed by atoms with E-state index >= 15 is 26.3 Å². The maximum Gasteiger partial charge on any atom is 0.417 e. The van der Waals surface area contributed by atoms with E-state index in [1.807, 2.05) is 82.5 Å². The van der Waals surface area contributed by atoms with E-state index in [0.29, 0.717) is 45.0 Å². The minimum Gasteiger partial charge on any atom is -0.308 e. The van der Waals surface area contributed by atoms with Crippen LogP contribution >= 0.6 is 0 Å². The van der Waals surface area contributed by atoms with E-state index in [4.69, 9.17) is 0 Å². The Hall–Kier alpha value is -9.13. The molecule has 0 N–H and O–H groups in total. The Morgan fingerprint density at radius 2 is 0.619 bits per heavy atom. The molecule has 10 aromatic carbocycles. The molecule has 0 aliphatic heterocycles. The van der Waals surface area contributed by atoms with Gasteiger partial charge in [-0.1, -0.05) is 131 Å². The van der Waals surface area contributed by atoms with Crippen LogP contribution in [0.4, 0.5) is 26.3 Å². The number of alkyl halides is 6. The molecule has 0 saturated heterocycles. The van der Waals surface area contributed by atoms with Crippen LogP contribution in [0.5, 0.6) is 0 Å². The monoisotopic (exact) mass is 1120 g/mol. The van der Waals surface area contributed by atoms with Crippen LogP contribution in [0.2, 0.25) is 0 Å². The number of fused-ring (bicyclic) bond motifs is 6. The first-order valence-corrected chi connectivity index (χ1v) is 28.2. The highest BCUT2D eigenvalue weighted by atomic mass is 19.4. The van der Waals surface area contributed by atoms with E-state index < -0.39 is 34.6 Å². The Morgan fingerprint density at radius 1 is 0.333 bits per heavy atom. The Kier molecular flexibility index (Phi) is 13.2. The predicted molar refractivity (Wildman–Crippen MR) is 334 cm³/mol. The fourth-order valence-corrected chi connectivity index (χ4v) is 14.3. The molecule has 2 aromatic heterocycles. The van der Waals surface area contributed by atoms with E-state index in [2.05, 4.69) is 133 Å². The molecule has 0 unspecified atom stereocenters. The highest BCUT2D eigenvalue weighted by Gasteiger charge is 2.42. The zero-order valence-electron chi connectivity index (χ0n) is 49.0. The van der Waals surface area contributed by atoms with Gasteiger partial charge < -0.3 is 9.13 Å². The van der Waals surface area contributed by atoms with E-state index in [1.54, 1.807) is 4.57 Å². The summed E-state index contributed by atoms with van der Waals surface area (Å²) in [6, 6.07) is 49.0. The summed E-state index contributed by atoms with van der Waals surface area (Å²) >= 11 is 0. The molecule has 12 aromatic rings. The average molecular weight is 1120 g/mol. The normalized spacial score (nSPS) is 12.2. The van der Waals surface area contributed by atoms with Crippen LogP contribution in [0, 0.1) is 94.4 Å². The molecule has 9 heteroatoms. The molecule has 418 valence electrons. The summed E-state index contributed by atoms with van der Waals surface area (Å²) in [6.07, 6.45) is -10.5. The van der Waals surface area contributed by atoms with Gasteiger partial charge in [0.25, 0.3) is 0 Å². The number of benzene rings is 10. The number of hydrogen-bond acceptors (Lipinski definition) is 1. The Balaban J connectivity index is 1.31. The molecule has 0 saturated carbocycles. The Labute approximate surface area is 485 Å². The maximum absolute atomic E-state index is 15.9.